The van der Waals surface area contributed by atoms with Crippen LogP contribution in [0.15, 0.2) is 42.6 Å². The minimum Gasteiger partial charge on any atom is -0.461 e. The highest BCUT2D eigenvalue weighted by atomic mass is 19.1. The second kappa shape index (κ2) is 12.9. The van der Waals surface area contributed by atoms with Crippen LogP contribution < -0.4 is 15.4 Å². The van der Waals surface area contributed by atoms with Crippen LogP contribution in [-0.4, -0.2) is 90.3 Å². The van der Waals surface area contributed by atoms with Crippen LogP contribution in [0.2, 0.25) is 0 Å². The summed E-state index contributed by atoms with van der Waals surface area (Å²) in [6.07, 6.45) is 4.14. The second-order valence-corrected chi connectivity index (χ2v) is 12.4. The number of primary amides is 1. The van der Waals surface area contributed by atoms with Gasteiger partial charge in [0.05, 0.1) is 24.1 Å². The van der Waals surface area contributed by atoms with Crippen LogP contribution in [-0.2, 0) is 15.9 Å². The maximum Gasteiger partial charge on any atom is 0.404 e. The van der Waals surface area contributed by atoms with Gasteiger partial charge in [0.1, 0.15) is 29.8 Å². The van der Waals surface area contributed by atoms with Gasteiger partial charge in [-0.25, -0.2) is 13.6 Å². The molecule has 4 aromatic rings. The highest BCUT2D eigenvalue weighted by molar-refractivity contribution is 6.00. The molecule has 46 heavy (non-hydrogen) atoms. The Labute approximate surface area is 265 Å². The van der Waals surface area contributed by atoms with Gasteiger partial charge in [0, 0.05) is 44.4 Å². The topological polar surface area (TPSA) is 116 Å². The summed E-state index contributed by atoms with van der Waals surface area (Å²) in [5.41, 5.74) is 6.63. The summed E-state index contributed by atoms with van der Waals surface area (Å²) in [6.45, 7) is 4.12. The fourth-order valence-corrected chi connectivity index (χ4v) is 7.38. The normalized spacial score (nSPS) is 21.9. The van der Waals surface area contributed by atoms with E-state index in [1.807, 2.05) is 36.4 Å². The number of benzene rings is 2. The van der Waals surface area contributed by atoms with E-state index in [0.29, 0.717) is 68.9 Å². The number of carbonyl (C=O) groups is 1. The molecule has 2 N–H and O–H groups in total. The molecule has 0 radical (unpaired) electrons. The van der Waals surface area contributed by atoms with Crippen LogP contribution in [0.3, 0.4) is 0 Å². The lowest BCUT2D eigenvalue weighted by Crippen LogP contribution is -2.43. The van der Waals surface area contributed by atoms with Crippen molar-refractivity contribution in [3.05, 3.63) is 54.0 Å². The Balaban J connectivity index is 1.30. The molecular formula is C34H38F2N6O4. The zero-order valence-corrected chi connectivity index (χ0v) is 25.7. The summed E-state index contributed by atoms with van der Waals surface area (Å²) in [5.74, 6) is -0.0196. The van der Waals surface area contributed by atoms with Crippen LogP contribution in [0.5, 0.6) is 6.01 Å². The van der Waals surface area contributed by atoms with Crippen LogP contribution in [0, 0.1) is 5.82 Å². The number of ether oxygens (including phenoxy) is 3. The third-order valence-electron chi connectivity index (χ3n) is 9.48. The van der Waals surface area contributed by atoms with Gasteiger partial charge in [0.15, 0.2) is 5.82 Å². The number of hydrogen-bond donors (Lipinski definition) is 1. The molecule has 0 unspecified atom stereocenters. The van der Waals surface area contributed by atoms with Crippen LogP contribution in [0.25, 0.3) is 32.9 Å². The number of amides is 1. The number of anilines is 1. The van der Waals surface area contributed by atoms with Gasteiger partial charge in [-0.3, -0.25) is 9.88 Å². The van der Waals surface area contributed by atoms with E-state index >= 15 is 4.39 Å². The molecule has 2 aromatic carbocycles. The quantitative estimate of drug-likeness (QED) is 0.249. The molecule has 10 nitrogen and oxygen atoms in total. The van der Waals surface area contributed by atoms with Gasteiger partial charge in [-0.2, -0.15) is 9.97 Å². The first-order chi connectivity index (χ1) is 22.4. The monoisotopic (exact) mass is 632 g/mol. The van der Waals surface area contributed by atoms with Gasteiger partial charge in [-0.15, -0.1) is 0 Å². The van der Waals surface area contributed by atoms with Crippen molar-refractivity contribution in [2.75, 3.05) is 57.5 Å². The number of rotatable bonds is 9. The molecule has 3 aliphatic heterocycles. The Morgan fingerprint density at radius 1 is 1.11 bits per heavy atom. The molecule has 0 aliphatic carbocycles. The van der Waals surface area contributed by atoms with Crippen LogP contribution >= 0.6 is 0 Å². The van der Waals surface area contributed by atoms with Crippen molar-refractivity contribution in [2.45, 2.75) is 50.2 Å². The molecule has 2 aromatic heterocycles. The van der Waals surface area contributed by atoms with Crippen molar-refractivity contribution in [3.63, 3.8) is 0 Å². The van der Waals surface area contributed by atoms with Crippen molar-refractivity contribution in [3.8, 4) is 17.3 Å². The van der Waals surface area contributed by atoms with E-state index < -0.39 is 23.6 Å². The van der Waals surface area contributed by atoms with Gasteiger partial charge < -0.3 is 24.8 Å². The van der Waals surface area contributed by atoms with Crippen LogP contribution in [0.1, 0.15) is 37.7 Å². The molecule has 242 valence electrons. The van der Waals surface area contributed by atoms with E-state index in [4.69, 9.17) is 24.9 Å². The number of carbonyl (C=O) groups excluding carboxylic acids is 1. The average Bonchev–Trinajstić information content (AvgIpc) is 3.43. The SMILES string of the molecule is NC(=O)OCCCc1cccc2cccc(-c3ncc4c(N5CCCOCC5)nc(OC[C@@]56CCCN5C[C@H](F)C6)nc4c3F)c12. The van der Waals surface area contributed by atoms with Crippen molar-refractivity contribution in [1.82, 2.24) is 19.9 Å². The first-order valence-corrected chi connectivity index (χ1v) is 16.1. The summed E-state index contributed by atoms with van der Waals surface area (Å²) in [6, 6.07) is 11.7. The standard InChI is InChI=1S/C34H38F2N6O4/c35-24-18-34(11-4-13-42(34)20-24)21-46-33-39-30-26(31(40-33)41-12-5-15-44-17-14-41)19-38-29(28(30)36)25-10-2-8-22-6-1-7-23(27(22)25)9-3-16-45-32(37)43/h1-2,6-8,10,19,24H,3-5,9,11-18,20-21H2,(H2,37,43)/t24-,34+/m1/s1. The third kappa shape index (κ3) is 5.91. The Kier molecular flexibility index (Phi) is 8.56. The van der Waals surface area contributed by atoms with Crippen molar-refractivity contribution < 1.29 is 27.8 Å². The maximum atomic E-state index is 16.8. The largest absolute Gasteiger partial charge is 0.461 e. The smallest absolute Gasteiger partial charge is 0.404 e. The van der Waals surface area contributed by atoms with Gasteiger partial charge in [-0.05, 0) is 55.0 Å². The summed E-state index contributed by atoms with van der Waals surface area (Å²) < 4.78 is 48.2. The van der Waals surface area contributed by atoms with E-state index in [-0.39, 0.29) is 30.4 Å². The Morgan fingerprint density at radius 2 is 1.98 bits per heavy atom. The number of hydrogen-bond acceptors (Lipinski definition) is 9. The molecule has 3 aliphatic rings. The van der Waals surface area contributed by atoms with Crippen molar-refractivity contribution >= 4 is 33.6 Å². The number of alkyl halides is 1. The number of aryl methyl sites for hydroxylation is 1. The first kappa shape index (κ1) is 30.5. The lowest BCUT2D eigenvalue weighted by molar-refractivity contribution is 0.107. The summed E-state index contributed by atoms with van der Waals surface area (Å²) >= 11 is 0. The summed E-state index contributed by atoms with van der Waals surface area (Å²) in [4.78, 5) is 29.4. The van der Waals surface area contributed by atoms with E-state index in [0.717, 1.165) is 42.1 Å². The molecule has 1 amide bonds. The van der Waals surface area contributed by atoms with E-state index in [9.17, 15) is 9.18 Å². The Bertz CT molecular complexity index is 1750. The van der Waals surface area contributed by atoms with Crippen molar-refractivity contribution in [1.29, 1.82) is 0 Å². The third-order valence-corrected chi connectivity index (χ3v) is 9.48. The summed E-state index contributed by atoms with van der Waals surface area (Å²) in [7, 11) is 0. The average molecular weight is 633 g/mol. The molecule has 12 heteroatoms. The number of fused-ring (bicyclic) bond motifs is 3. The molecule has 0 bridgehead atoms. The summed E-state index contributed by atoms with van der Waals surface area (Å²) in [5, 5.41) is 2.30. The number of nitrogens with two attached hydrogens (primary N) is 1. The second-order valence-electron chi connectivity index (χ2n) is 12.4. The fourth-order valence-electron chi connectivity index (χ4n) is 7.38. The molecule has 2 atom stereocenters. The molecule has 3 fully saturated rings. The minimum absolute atomic E-state index is 0.0697. The lowest BCUT2D eigenvalue weighted by Gasteiger charge is -2.31. The molecule has 0 spiro atoms. The number of halogens is 2. The first-order valence-electron chi connectivity index (χ1n) is 16.1. The molecule has 5 heterocycles. The molecular weight excluding hydrogens is 594 g/mol. The van der Waals surface area contributed by atoms with Crippen LogP contribution in [0.4, 0.5) is 19.4 Å². The number of aromatic nitrogens is 3. The fraction of sp³-hybridized carbons (Fsp3) is 0.471. The maximum absolute atomic E-state index is 16.8. The van der Waals surface area contributed by atoms with E-state index in [1.54, 1.807) is 6.20 Å². The Hall–Kier alpha value is -4.16. The zero-order valence-electron chi connectivity index (χ0n) is 25.7. The van der Waals surface area contributed by atoms with Gasteiger partial charge >= 0.3 is 12.1 Å². The molecule has 7 rings (SSSR count). The highest BCUT2D eigenvalue weighted by Crippen LogP contribution is 2.41. The van der Waals surface area contributed by atoms with Crippen molar-refractivity contribution in [2.24, 2.45) is 5.73 Å². The number of nitrogens with zero attached hydrogens (tertiary/aromatic N) is 5. The predicted octanol–water partition coefficient (Wildman–Crippen LogP) is 5.19. The zero-order chi connectivity index (χ0) is 31.7. The minimum atomic E-state index is -0.888. The van der Waals surface area contributed by atoms with E-state index in [1.165, 1.54) is 0 Å². The van der Waals surface area contributed by atoms with E-state index in [2.05, 4.69) is 19.8 Å². The van der Waals surface area contributed by atoms with Gasteiger partial charge in [-0.1, -0.05) is 36.4 Å². The van der Waals surface area contributed by atoms with Gasteiger partial charge in [0.25, 0.3) is 0 Å². The molecule has 0 saturated carbocycles. The predicted molar refractivity (Wildman–Crippen MR) is 170 cm³/mol. The Morgan fingerprint density at radius 3 is 2.85 bits per heavy atom. The number of pyridine rings is 1. The highest BCUT2D eigenvalue weighted by Gasteiger charge is 2.49. The lowest BCUT2D eigenvalue weighted by atomic mass is 9.94. The van der Waals surface area contributed by atoms with Gasteiger partial charge in [0.2, 0.25) is 0 Å². The molecule has 3 saturated heterocycles.